The molecule has 0 spiro atoms. The van der Waals surface area contributed by atoms with E-state index in [0.29, 0.717) is 6.54 Å². The molecule has 0 aliphatic carbocycles. The maximum absolute atomic E-state index is 11.9. The minimum Gasteiger partial charge on any atom is -0.465 e. The molecule has 1 amide bonds. The van der Waals surface area contributed by atoms with Gasteiger partial charge in [-0.3, -0.25) is 0 Å². The average Bonchev–Trinajstić information content (AvgIpc) is 2.59. The Morgan fingerprint density at radius 2 is 1.64 bits per heavy atom. The zero-order valence-corrected chi connectivity index (χ0v) is 21.0. The first-order valence-electron chi connectivity index (χ1n) is 11.3. The zero-order chi connectivity index (χ0) is 21.8. The van der Waals surface area contributed by atoms with Crippen LogP contribution in [0.4, 0.5) is 4.79 Å². The molecule has 0 heterocycles. The lowest BCUT2D eigenvalue weighted by Gasteiger charge is -2.36. The van der Waals surface area contributed by atoms with Crippen LogP contribution in [-0.4, -0.2) is 68.6 Å². The van der Waals surface area contributed by atoms with E-state index < -0.39 is 14.4 Å². The van der Waals surface area contributed by atoms with E-state index in [1.807, 2.05) is 7.05 Å². The Kier molecular flexibility index (Phi) is 13.3. The van der Waals surface area contributed by atoms with Crippen molar-refractivity contribution >= 4 is 14.4 Å². The van der Waals surface area contributed by atoms with E-state index in [-0.39, 0.29) is 11.1 Å². The Labute approximate surface area is 175 Å². The van der Waals surface area contributed by atoms with Crippen molar-refractivity contribution in [1.82, 2.24) is 9.80 Å². The molecule has 28 heavy (non-hydrogen) atoms. The summed E-state index contributed by atoms with van der Waals surface area (Å²) in [5.74, 6) is 0. The largest absolute Gasteiger partial charge is 0.465 e. The number of rotatable bonds is 15. The molecule has 0 aliphatic heterocycles. The van der Waals surface area contributed by atoms with Gasteiger partial charge in [0.15, 0.2) is 8.32 Å². The molecule has 0 aliphatic rings. The first-order valence-corrected chi connectivity index (χ1v) is 14.2. The van der Waals surface area contributed by atoms with E-state index in [1.54, 1.807) is 4.90 Å². The second-order valence-electron chi connectivity index (χ2n) is 9.63. The lowest BCUT2D eigenvalue weighted by atomic mass is 10.0. The summed E-state index contributed by atoms with van der Waals surface area (Å²) >= 11 is 0. The maximum atomic E-state index is 11.9. The molecule has 0 aromatic carbocycles. The number of amides is 1. The fourth-order valence-electron chi connectivity index (χ4n) is 3.00. The van der Waals surface area contributed by atoms with Crippen LogP contribution in [0.1, 0.15) is 79.6 Å². The molecule has 0 bridgehead atoms. The van der Waals surface area contributed by atoms with Crippen molar-refractivity contribution in [2.75, 3.05) is 33.3 Å². The van der Waals surface area contributed by atoms with Gasteiger partial charge in [0, 0.05) is 25.7 Å². The number of hydrogen-bond acceptors (Lipinski definition) is 3. The molecule has 1 atom stereocenters. The van der Waals surface area contributed by atoms with Gasteiger partial charge in [0.1, 0.15) is 0 Å². The van der Waals surface area contributed by atoms with E-state index >= 15 is 0 Å². The minimum absolute atomic E-state index is 0.0997. The van der Waals surface area contributed by atoms with Crippen LogP contribution in [0.2, 0.25) is 18.1 Å². The first kappa shape index (κ1) is 27.4. The van der Waals surface area contributed by atoms with E-state index in [4.69, 9.17) is 4.43 Å². The Hall–Kier alpha value is -0.593. The van der Waals surface area contributed by atoms with Crippen molar-refractivity contribution in [1.29, 1.82) is 0 Å². The molecular formula is C22H48N2O3Si. The van der Waals surface area contributed by atoms with Crippen molar-refractivity contribution in [3.05, 3.63) is 0 Å². The van der Waals surface area contributed by atoms with E-state index in [2.05, 4.69) is 52.6 Å². The van der Waals surface area contributed by atoms with Crippen LogP contribution < -0.4 is 0 Å². The summed E-state index contributed by atoms with van der Waals surface area (Å²) in [6.45, 7) is 18.7. The van der Waals surface area contributed by atoms with E-state index in [0.717, 1.165) is 45.4 Å². The smallest absolute Gasteiger partial charge is 0.407 e. The maximum Gasteiger partial charge on any atom is 0.407 e. The summed E-state index contributed by atoms with van der Waals surface area (Å²) in [6, 6.07) is 0.0997. The molecular weight excluding hydrogens is 368 g/mol. The summed E-state index contributed by atoms with van der Waals surface area (Å²) in [4.78, 5) is 15.8. The molecule has 0 saturated carbocycles. The fourth-order valence-corrected chi connectivity index (χ4v) is 4.08. The zero-order valence-electron chi connectivity index (χ0n) is 20.0. The Morgan fingerprint density at radius 3 is 2.14 bits per heavy atom. The molecule has 0 aromatic rings. The molecule has 0 saturated heterocycles. The predicted octanol–water partition coefficient (Wildman–Crippen LogP) is 6.06. The summed E-state index contributed by atoms with van der Waals surface area (Å²) < 4.78 is 6.31. The van der Waals surface area contributed by atoms with E-state index in [1.165, 1.54) is 19.3 Å². The van der Waals surface area contributed by atoms with E-state index in [9.17, 15) is 9.90 Å². The van der Waals surface area contributed by atoms with Crippen LogP contribution in [0.25, 0.3) is 0 Å². The van der Waals surface area contributed by atoms with Gasteiger partial charge < -0.3 is 19.3 Å². The number of carboxylic acid groups (broad SMARTS) is 1. The highest BCUT2D eigenvalue weighted by Crippen LogP contribution is 2.36. The average molecular weight is 417 g/mol. The summed E-state index contributed by atoms with van der Waals surface area (Å²) in [5, 5.41) is 10.0. The number of nitrogens with zero attached hydrogens (tertiary/aromatic N) is 2. The van der Waals surface area contributed by atoms with Gasteiger partial charge in [0.25, 0.3) is 0 Å². The van der Waals surface area contributed by atoms with Crippen molar-refractivity contribution < 1.29 is 14.3 Å². The Morgan fingerprint density at radius 1 is 1.04 bits per heavy atom. The van der Waals surface area contributed by atoms with Crippen LogP contribution >= 0.6 is 0 Å². The van der Waals surface area contributed by atoms with Gasteiger partial charge in [-0.05, 0) is 51.0 Å². The third kappa shape index (κ3) is 10.8. The second-order valence-corrected chi connectivity index (χ2v) is 14.4. The van der Waals surface area contributed by atoms with Gasteiger partial charge in [-0.25, -0.2) is 4.79 Å². The van der Waals surface area contributed by atoms with Crippen LogP contribution in [0.5, 0.6) is 0 Å². The van der Waals surface area contributed by atoms with Crippen LogP contribution in [0.3, 0.4) is 0 Å². The molecule has 1 N–H and O–H groups in total. The third-order valence-corrected chi connectivity index (χ3v) is 10.8. The minimum atomic E-state index is -1.73. The highest BCUT2D eigenvalue weighted by molar-refractivity contribution is 6.74. The summed E-state index contributed by atoms with van der Waals surface area (Å²) in [5.41, 5.74) is 0. The monoisotopic (exact) mass is 416 g/mol. The highest BCUT2D eigenvalue weighted by Gasteiger charge is 2.37. The molecule has 0 fully saturated rings. The topological polar surface area (TPSA) is 53.0 Å². The normalized spacial score (nSPS) is 13.8. The van der Waals surface area contributed by atoms with Crippen LogP contribution in [0, 0.1) is 0 Å². The second kappa shape index (κ2) is 13.6. The molecule has 0 aromatic heterocycles. The van der Waals surface area contributed by atoms with Gasteiger partial charge >= 0.3 is 6.09 Å². The summed E-state index contributed by atoms with van der Waals surface area (Å²) in [6.07, 6.45) is 6.73. The number of carbonyl (C=O) groups is 1. The fraction of sp³-hybridized carbons (Fsp3) is 0.955. The van der Waals surface area contributed by atoms with Crippen molar-refractivity contribution in [3.8, 4) is 0 Å². The van der Waals surface area contributed by atoms with Gasteiger partial charge in [-0.1, -0.05) is 60.3 Å². The summed E-state index contributed by atoms with van der Waals surface area (Å²) in [7, 11) is 0.311. The standard InChI is InChI=1S/C22H48N2O3Si/c1-9-11-12-13-15-20(24(21(25)26)18-17-23(6)10-2)16-14-19-27-28(7,8)22(3,4)5/h20H,9-19H2,1-8H3,(H,25,26). The van der Waals surface area contributed by atoms with Crippen molar-refractivity contribution in [2.45, 2.75) is 104 Å². The van der Waals surface area contributed by atoms with Gasteiger partial charge in [-0.2, -0.15) is 0 Å². The molecule has 5 nitrogen and oxygen atoms in total. The Bertz CT molecular complexity index is 424. The SMILES string of the molecule is CCCCCCC(CCCO[Si](C)(C)C(C)(C)C)N(CCN(C)CC)C(=O)O. The van der Waals surface area contributed by atoms with Crippen LogP contribution in [0.15, 0.2) is 0 Å². The molecule has 6 heteroatoms. The molecule has 1 unspecified atom stereocenters. The lowest BCUT2D eigenvalue weighted by Crippen LogP contribution is -2.44. The van der Waals surface area contributed by atoms with Crippen molar-refractivity contribution in [3.63, 3.8) is 0 Å². The number of hydrogen-bond donors (Lipinski definition) is 1. The predicted molar refractivity (Wildman–Crippen MR) is 123 cm³/mol. The molecule has 0 radical (unpaired) electrons. The number of likely N-dealkylation sites (N-methyl/N-ethyl adjacent to an activating group) is 1. The highest BCUT2D eigenvalue weighted by atomic mass is 28.4. The van der Waals surface area contributed by atoms with Crippen LogP contribution in [-0.2, 0) is 4.43 Å². The van der Waals surface area contributed by atoms with Gasteiger partial charge in [0.2, 0.25) is 0 Å². The van der Waals surface area contributed by atoms with Crippen molar-refractivity contribution in [2.24, 2.45) is 0 Å². The van der Waals surface area contributed by atoms with Gasteiger partial charge in [0.05, 0.1) is 0 Å². The Balaban J connectivity index is 4.81. The third-order valence-electron chi connectivity index (χ3n) is 6.29. The first-order chi connectivity index (χ1) is 13.0. The molecule has 168 valence electrons. The quantitative estimate of drug-likeness (QED) is 0.260. The van der Waals surface area contributed by atoms with Gasteiger partial charge in [-0.15, -0.1) is 0 Å². The lowest BCUT2D eigenvalue weighted by molar-refractivity contribution is 0.108. The molecule has 0 rings (SSSR count). The number of unbranched alkanes of at least 4 members (excludes halogenated alkanes) is 3.